The number of aryl methyl sites for hydroxylation is 1. The predicted molar refractivity (Wildman–Crippen MR) is 97.0 cm³/mol. The fraction of sp³-hybridized carbons (Fsp3) is 0.0526. The number of hydrogen-bond donors (Lipinski definition) is 1. The molecule has 1 heterocycles. The largest absolute Gasteiger partial charge is 0.455 e. The molecule has 2 aromatic carbocycles. The van der Waals surface area contributed by atoms with Crippen molar-refractivity contribution >= 4 is 17.8 Å². The number of hydrazone groups is 1. The summed E-state index contributed by atoms with van der Waals surface area (Å²) in [5.74, 6) is -0.630. The molecule has 0 aliphatic rings. The monoisotopic (exact) mass is 367 g/mol. The fourth-order valence-electron chi connectivity index (χ4n) is 2.44. The van der Waals surface area contributed by atoms with Crippen LogP contribution in [-0.4, -0.2) is 17.0 Å². The van der Waals surface area contributed by atoms with Gasteiger partial charge in [0, 0.05) is 5.56 Å². The zero-order valence-corrected chi connectivity index (χ0v) is 14.2. The van der Waals surface area contributed by atoms with Gasteiger partial charge in [-0.05, 0) is 43.3 Å². The smallest absolute Gasteiger partial charge is 0.283 e. The Hall–Kier alpha value is -3.81. The van der Waals surface area contributed by atoms with Gasteiger partial charge in [0.2, 0.25) is 0 Å². The van der Waals surface area contributed by atoms with E-state index in [9.17, 15) is 19.3 Å². The van der Waals surface area contributed by atoms with Crippen LogP contribution in [0.2, 0.25) is 0 Å². The first-order valence-corrected chi connectivity index (χ1v) is 7.88. The summed E-state index contributed by atoms with van der Waals surface area (Å²) in [6, 6.07) is 13.3. The Morgan fingerprint density at radius 1 is 1.22 bits per heavy atom. The van der Waals surface area contributed by atoms with Crippen molar-refractivity contribution in [1.82, 2.24) is 5.43 Å². The zero-order valence-electron chi connectivity index (χ0n) is 14.2. The Labute approximate surface area is 153 Å². The highest BCUT2D eigenvalue weighted by atomic mass is 19.1. The Morgan fingerprint density at radius 3 is 2.78 bits per heavy atom. The van der Waals surface area contributed by atoms with Crippen LogP contribution in [0.4, 0.5) is 10.1 Å². The quantitative estimate of drug-likeness (QED) is 0.417. The second-order valence-corrected chi connectivity index (χ2v) is 5.69. The average molecular weight is 367 g/mol. The number of rotatable bonds is 5. The molecule has 27 heavy (non-hydrogen) atoms. The van der Waals surface area contributed by atoms with Gasteiger partial charge in [0.25, 0.3) is 11.6 Å². The fourth-order valence-corrected chi connectivity index (χ4v) is 2.44. The van der Waals surface area contributed by atoms with Gasteiger partial charge in [0.15, 0.2) is 0 Å². The van der Waals surface area contributed by atoms with Gasteiger partial charge >= 0.3 is 0 Å². The lowest BCUT2D eigenvalue weighted by Crippen LogP contribution is -2.17. The van der Waals surface area contributed by atoms with Gasteiger partial charge < -0.3 is 4.42 Å². The number of nitrogens with zero attached hydrogens (tertiary/aromatic N) is 2. The highest BCUT2D eigenvalue weighted by Crippen LogP contribution is 2.31. The Balaban J connectivity index is 1.74. The number of nitro benzene ring substituents is 1. The van der Waals surface area contributed by atoms with Crippen LogP contribution in [0.15, 0.2) is 64.1 Å². The molecule has 0 unspecified atom stereocenters. The van der Waals surface area contributed by atoms with E-state index in [1.807, 2.05) is 13.0 Å². The number of benzene rings is 2. The van der Waals surface area contributed by atoms with Crippen LogP contribution in [0.25, 0.3) is 11.3 Å². The molecule has 0 fully saturated rings. The SMILES string of the molecule is Cc1cccc(C(=O)N/N=C\c2ccc(-c3ccc(F)cc3[N+](=O)[O-])o2)c1. The molecule has 1 amide bonds. The van der Waals surface area contributed by atoms with Crippen LogP contribution in [0.3, 0.4) is 0 Å². The third-order valence-electron chi connectivity index (χ3n) is 3.69. The summed E-state index contributed by atoms with van der Waals surface area (Å²) in [5.41, 5.74) is 3.53. The summed E-state index contributed by atoms with van der Waals surface area (Å²) < 4.78 is 18.7. The van der Waals surface area contributed by atoms with Crippen LogP contribution in [-0.2, 0) is 0 Å². The van der Waals surface area contributed by atoms with E-state index in [2.05, 4.69) is 10.5 Å². The van der Waals surface area contributed by atoms with Gasteiger partial charge in [-0.1, -0.05) is 17.7 Å². The van der Waals surface area contributed by atoms with Crippen LogP contribution in [0.1, 0.15) is 21.7 Å². The number of carbonyl (C=O) groups excluding carboxylic acids is 1. The Morgan fingerprint density at radius 2 is 2.04 bits per heavy atom. The summed E-state index contributed by atoms with van der Waals surface area (Å²) in [5, 5.41) is 14.9. The lowest BCUT2D eigenvalue weighted by Gasteiger charge is -2.00. The predicted octanol–water partition coefficient (Wildman–Crippen LogP) is 4.07. The molecular formula is C19H14FN3O4. The number of amides is 1. The first-order valence-electron chi connectivity index (χ1n) is 7.88. The van der Waals surface area contributed by atoms with Gasteiger partial charge in [0.05, 0.1) is 22.8 Å². The Bertz CT molecular complexity index is 1040. The van der Waals surface area contributed by atoms with E-state index < -0.39 is 16.4 Å². The highest BCUT2D eigenvalue weighted by Gasteiger charge is 2.19. The van der Waals surface area contributed by atoms with Crippen molar-refractivity contribution in [3.63, 3.8) is 0 Å². The first-order chi connectivity index (χ1) is 12.9. The molecule has 1 N–H and O–H groups in total. The van der Waals surface area contributed by atoms with Gasteiger partial charge in [-0.15, -0.1) is 0 Å². The van der Waals surface area contributed by atoms with Crippen molar-refractivity contribution in [2.45, 2.75) is 6.92 Å². The number of carbonyl (C=O) groups is 1. The third kappa shape index (κ3) is 4.24. The minimum Gasteiger partial charge on any atom is -0.455 e. The lowest BCUT2D eigenvalue weighted by molar-refractivity contribution is -0.384. The summed E-state index contributed by atoms with van der Waals surface area (Å²) in [7, 11) is 0. The molecule has 0 spiro atoms. The lowest BCUT2D eigenvalue weighted by atomic mass is 10.1. The maximum atomic E-state index is 13.2. The molecule has 136 valence electrons. The van der Waals surface area contributed by atoms with Crippen molar-refractivity contribution in [1.29, 1.82) is 0 Å². The van der Waals surface area contributed by atoms with E-state index in [0.717, 1.165) is 17.7 Å². The summed E-state index contributed by atoms with van der Waals surface area (Å²) in [4.78, 5) is 22.4. The molecule has 0 aliphatic heterocycles. The molecule has 0 saturated heterocycles. The molecule has 0 aliphatic carbocycles. The standard InChI is InChI=1S/C19H14FN3O4/c1-12-3-2-4-13(9-12)19(24)22-21-11-15-6-8-18(27-15)16-7-5-14(20)10-17(16)23(25)26/h2-11H,1H3,(H,22,24)/b21-11-. The average Bonchev–Trinajstić information content (AvgIpc) is 3.10. The van der Waals surface area contributed by atoms with E-state index >= 15 is 0 Å². The molecule has 1 aromatic heterocycles. The number of nitro groups is 1. The second kappa shape index (κ2) is 7.61. The van der Waals surface area contributed by atoms with E-state index in [-0.39, 0.29) is 23.0 Å². The van der Waals surface area contributed by atoms with E-state index in [0.29, 0.717) is 5.56 Å². The first kappa shape index (κ1) is 18.0. The maximum absolute atomic E-state index is 13.2. The van der Waals surface area contributed by atoms with Crippen molar-refractivity contribution in [2.24, 2.45) is 5.10 Å². The van der Waals surface area contributed by atoms with Crippen molar-refractivity contribution in [3.8, 4) is 11.3 Å². The van der Waals surface area contributed by atoms with Crippen LogP contribution in [0.5, 0.6) is 0 Å². The molecule has 3 rings (SSSR count). The van der Waals surface area contributed by atoms with Crippen molar-refractivity contribution in [3.05, 3.63) is 87.4 Å². The molecule has 0 bridgehead atoms. The normalized spacial score (nSPS) is 10.9. The minimum absolute atomic E-state index is 0.143. The number of furan rings is 1. The molecule has 0 saturated carbocycles. The summed E-state index contributed by atoms with van der Waals surface area (Å²) in [6.07, 6.45) is 1.27. The van der Waals surface area contributed by atoms with E-state index in [4.69, 9.17) is 4.42 Å². The van der Waals surface area contributed by atoms with Crippen molar-refractivity contribution < 1.29 is 18.5 Å². The van der Waals surface area contributed by atoms with Crippen LogP contribution >= 0.6 is 0 Å². The van der Waals surface area contributed by atoms with Crippen molar-refractivity contribution in [2.75, 3.05) is 0 Å². The number of hydrogen-bond acceptors (Lipinski definition) is 5. The highest BCUT2D eigenvalue weighted by molar-refractivity contribution is 5.94. The Kier molecular flexibility index (Phi) is 5.07. The van der Waals surface area contributed by atoms with Crippen LogP contribution in [0, 0.1) is 22.9 Å². The zero-order chi connectivity index (χ0) is 19.4. The summed E-state index contributed by atoms with van der Waals surface area (Å²) >= 11 is 0. The molecule has 0 atom stereocenters. The minimum atomic E-state index is -0.711. The number of halogens is 1. The molecule has 0 radical (unpaired) electrons. The third-order valence-corrected chi connectivity index (χ3v) is 3.69. The van der Waals surface area contributed by atoms with Gasteiger partial charge in [-0.2, -0.15) is 5.10 Å². The second-order valence-electron chi connectivity index (χ2n) is 5.69. The molecule has 7 nitrogen and oxygen atoms in total. The maximum Gasteiger partial charge on any atom is 0.283 e. The molecule has 8 heteroatoms. The molecule has 3 aromatic rings. The van der Waals surface area contributed by atoms with Gasteiger partial charge in [-0.3, -0.25) is 14.9 Å². The van der Waals surface area contributed by atoms with E-state index in [1.54, 1.807) is 18.2 Å². The summed E-state index contributed by atoms with van der Waals surface area (Å²) in [6.45, 7) is 1.87. The number of nitrogens with one attached hydrogen (secondary N) is 1. The van der Waals surface area contributed by atoms with Gasteiger partial charge in [-0.25, -0.2) is 9.82 Å². The molecular weight excluding hydrogens is 353 g/mol. The topological polar surface area (TPSA) is 97.7 Å². The van der Waals surface area contributed by atoms with Gasteiger partial charge in [0.1, 0.15) is 17.3 Å². The van der Waals surface area contributed by atoms with E-state index in [1.165, 1.54) is 24.4 Å². The van der Waals surface area contributed by atoms with Crippen LogP contribution < -0.4 is 5.43 Å².